The molecule has 7 heteroatoms. The molecule has 2 amide bonds. The highest BCUT2D eigenvalue weighted by Crippen LogP contribution is 2.17. The average Bonchev–Trinajstić information content (AvgIpc) is 3.01. The lowest BCUT2D eigenvalue weighted by atomic mass is 10.2. The Bertz CT molecular complexity index is 585. The topological polar surface area (TPSA) is 54.3 Å². The van der Waals surface area contributed by atoms with Gasteiger partial charge in [0.2, 0.25) is 5.91 Å². The third-order valence-electron chi connectivity index (χ3n) is 4.61. The fraction of sp³-hybridized carbons (Fsp3) is 0.529. The molecule has 0 atom stereocenters. The second kappa shape index (κ2) is 7.90. The van der Waals surface area contributed by atoms with E-state index in [9.17, 15) is 9.59 Å². The van der Waals surface area contributed by atoms with Gasteiger partial charge in [-0.3, -0.25) is 9.59 Å². The van der Waals surface area contributed by atoms with E-state index in [0.29, 0.717) is 6.54 Å². The third kappa shape index (κ3) is 4.21. The summed E-state index contributed by atoms with van der Waals surface area (Å²) in [5.41, 5.74) is 1.28. The Hall–Kier alpha value is -1.73. The number of hydrogen-bond acceptors (Lipinski definition) is 4. The quantitative estimate of drug-likeness (QED) is 0.818. The van der Waals surface area contributed by atoms with Crippen LogP contribution in [0.5, 0.6) is 5.75 Å². The maximum atomic E-state index is 12.3. The number of nitrogens with zero attached hydrogens (tertiary/aromatic N) is 2. The normalized spacial score (nSPS) is 19.0. The summed E-state index contributed by atoms with van der Waals surface area (Å²) in [4.78, 5) is 29.0. The second-order valence-electron chi connectivity index (χ2n) is 6.19. The Morgan fingerprint density at radius 2 is 1.92 bits per heavy atom. The van der Waals surface area contributed by atoms with Crippen molar-refractivity contribution >= 4 is 22.9 Å². The number of ether oxygens (including phenoxy) is 1. The highest BCUT2D eigenvalue weighted by atomic mass is 32.2. The predicted molar refractivity (Wildman–Crippen MR) is 93.4 cm³/mol. The molecule has 0 aromatic heterocycles. The van der Waals surface area contributed by atoms with Crippen LogP contribution in [0.4, 0.5) is 4.79 Å². The molecule has 3 rings (SSSR count). The van der Waals surface area contributed by atoms with Crippen LogP contribution in [0.1, 0.15) is 5.56 Å². The first-order valence-electron chi connectivity index (χ1n) is 8.31. The van der Waals surface area contributed by atoms with Gasteiger partial charge in [-0.25, -0.2) is 0 Å². The molecule has 2 aliphatic rings. The van der Waals surface area contributed by atoms with Gasteiger partial charge in [-0.15, -0.1) is 0 Å². The number of thioether (sulfide) groups is 1. The first kappa shape index (κ1) is 17.1. The Kier molecular flexibility index (Phi) is 5.63. The maximum absolute atomic E-state index is 12.3. The molecule has 130 valence electrons. The minimum absolute atomic E-state index is 0.0344. The van der Waals surface area contributed by atoms with Crippen LogP contribution in [0, 0.1) is 0 Å². The van der Waals surface area contributed by atoms with Crippen LogP contribution < -0.4 is 9.64 Å². The zero-order chi connectivity index (χ0) is 16.9. The van der Waals surface area contributed by atoms with Gasteiger partial charge in [-0.1, -0.05) is 11.8 Å². The Morgan fingerprint density at radius 3 is 2.50 bits per heavy atom. The summed E-state index contributed by atoms with van der Waals surface area (Å²) in [5.74, 6) is 1.75. The average molecular weight is 350 g/mol. The van der Waals surface area contributed by atoms with Gasteiger partial charge in [0.1, 0.15) is 18.8 Å². The van der Waals surface area contributed by atoms with Crippen molar-refractivity contribution in [3.63, 3.8) is 0 Å². The molecule has 24 heavy (non-hydrogen) atoms. The van der Waals surface area contributed by atoms with E-state index in [0.717, 1.165) is 44.2 Å². The highest BCUT2D eigenvalue weighted by molar-refractivity contribution is 8.13. The number of benzene rings is 1. The van der Waals surface area contributed by atoms with Crippen LogP contribution >= 0.6 is 11.8 Å². The van der Waals surface area contributed by atoms with E-state index in [1.54, 1.807) is 12.0 Å². The molecule has 0 radical (unpaired) electrons. The number of hydrogen-bond donors (Lipinski definition) is 1. The van der Waals surface area contributed by atoms with Crippen molar-refractivity contribution in [3.8, 4) is 5.75 Å². The Labute approximate surface area is 146 Å². The van der Waals surface area contributed by atoms with E-state index in [4.69, 9.17) is 4.74 Å². The van der Waals surface area contributed by atoms with E-state index in [2.05, 4.69) is 12.1 Å². The highest BCUT2D eigenvalue weighted by Gasteiger charge is 2.28. The molecule has 2 fully saturated rings. The summed E-state index contributed by atoms with van der Waals surface area (Å²) in [6.07, 6.45) is 0. The summed E-state index contributed by atoms with van der Waals surface area (Å²) in [6, 6.07) is 8.17. The minimum atomic E-state index is 0.0344. The molecule has 0 spiro atoms. The number of amides is 2. The smallest absolute Gasteiger partial charge is 0.282 e. The van der Waals surface area contributed by atoms with Crippen molar-refractivity contribution in [2.24, 2.45) is 0 Å². The third-order valence-corrected chi connectivity index (χ3v) is 5.50. The number of quaternary nitrogens is 1. The van der Waals surface area contributed by atoms with Gasteiger partial charge in [0.05, 0.1) is 33.3 Å². The molecule has 6 nitrogen and oxygen atoms in total. The fourth-order valence-electron chi connectivity index (χ4n) is 3.11. The van der Waals surface area contributed by atoms with Crippen LogP contribution in [0.2, 0.25) is 0 Å². The number of carbonyl (C=O) groups excluding carboxylic acids is 2. The van der Waals surface area contributed by atoms with Crippen molar-refractivity contribution in [1.82, 2.24) is 9.80 Å². The first-order valence-corrected chi connectivity index (χ1v) is 9.30. The summed E-state index contributed by atoms with van der Waals surface area (Å²) < 4.78 is 5.18. The summed E-state index contributed by atoms with van der Waals surface area (Å²) in [7, 11) is 1.67. The molecule has 0 aliphatic carbocycles. The molecule has 0 unspecified atom stereocenters. The summed E-state index contributed by atoms with van der Waals surface area (Å²) >= 11 is 1.30. The van der Waals surface area contributed by atoms with Crippen molar-refractivity contribution in [2.45, 2.75) is 6.54 Å². The van der Waals surface area contributed by atoms with E-state index < -0.39 is 0 Å². The number of carbonyl (C=O) groups is 2. The van der Waals surface area contributed by atoms with Gasteiger partial charge in [-0.05, 0) is 24.3 Å². The maximum Gasteiger partial charge on any atom is 0.282 e. The number of nitrogens with one attached hydrogen (secondary N) is 1. The van der Waals surface area contributed by atoms with Crippen molar-refractivity contribution < 1.29 is 19.2 Å². The fourth-order valence-corrected chi connectivity index (χ4v) is 3.94. The largest absolute Gasteiger partial charge is 0.497 e. The second-order valence-corrected chi connectivity index (χ2v) is 7.24. The number of rotatable bonds is 5. The van der Waals surface area contributed by atoms with Gasteiger partial charge < -0.3 is 19.4 Å². The molecule has 2 heterocycles. The van der Waals surface area contributed by atoms with Gasteiger partial charge >= 0.3 is 0 Å². The summed E-state index contributed by atoms with van der Waals surface area (Å²) in [6.45, 7) is 5.31. The van der Waals surface area contributed by atoms with Crippen molar-refractivity contribution in [2.75, 3.05) is 52.1 Å². The van der Waals surface area contributed by atoms with Crippen molar-refractivity contribution in [3.05, 3.63) is 29.8 Å². The lowest BCUT2D eigenvalue weighted by molar-refractivity contribution is -0.917. The van der Waals surface area contributed by atoms with Crippen LogP contribution in [-0.4, -0.2) is 73.1 Å². The molecule has 2 aliphatic heterocycles. The lowest BCUT2D eigenvalue weighted by Gasteiger charge is -2.33. The molecule has 1 aromatic rings. The zero-order valence-corrected chi connectivity index (χ0v) is 14.8. The van der Waals surface area contributed by atoms with Crippen LogP contribution in [0.15, 0.2) is 24.3 Å². The Morgan fingerprint density at radius 1 is 1.21 bits per heavy atom. The summed E-state index contributed by atoms with van der Waals surface area (Å²) in [5, 5.41) is 0.0344. The predicted octanol–water partition coefficient (Wildman–Crippen LogP) is 0.0911. The van der Waals surface area contributed by atoms with Gasteiger partial charge in [0.15, 0.2) is 0 Å². The molecular weight excluding hydrogens is 326 g/mol. The molecular formula is C17H24N3O3S+. The molecule has 1 N–H and O–H groups in total. The van der Waals surface area contributed by atoms with E-state index >= 15 is 0 Å². The van der Waals surface area contributed by atoms with Gasteiger partial charge in [0.25, 0.3) is 5.24 Å². The lowest BCUT2D eigenvalue weighted by Crippen LogP contribution is -3.13. The standard InChI is InChI=1S/C17H23N3O3S/c1-23-15-4-2-14(3-5-15)12-18-6-8-19(9-7-18)16(21)13-20-10-11-24-17(20)22/h2-5H,6-13H2,1H3/p+1. The van der Waals surface area contributed by atoms with E-state index in [1.807, 2.05) is 17.0 Å². The number of methoxy groups -OCH3 is 1. The number of piperazine rings is 1. The van der Waals surface area contributed by atoms with Crippen molar-refractivity contribution in [1.29, 1.82) is 0 Å². The SMILES string of the molecule is COc1ccc(C[NH+]2CCN(C(=O)CN3CCSC3=O)CC2)cc1. The molecule has 0 saturated carbocycles. The molecule has 1 aromatic carbocycles. The van der Waals surface area contributed by atoms with E-state index in [1.165, 1.54) is 22.2 Å². The van der Waals surface area contributed by atoms with Gasteiger partial charge in [-0.2, -0.15) is 0 Å². The first-order chi connectivity index (χ1) is 11.7. The monoisotopic (exact) mass is 350 g/mol. The minimum Gasteiger partial charge on any atom is -0.497 e. The van der Waals surface area contributed by atoms with Gasteiger partial charge in [0, 0.05) is 17.9 Å². The Balaban J connectivity index is 1.44. The zero-order valence-electron chi connectivity index (χ0n) is 14.0. The van der Waals surface area contributed by atoms with Crippen LogP contribution in [0.3, 0.4) is 0 Å². The molecule has 2 saturated heterocycles. The molecule has 0 bridgehead atoms. The van der Waals surface area contributed by atoms with Crippen LogP contribution in [0.25, 0.3) is 0 Å². The van der Waals surface area contributed by atoms with Crippen LogP contribution in [-0.2, 0) is 11.3 Å². The van der Waals surface area contributed by atoms with E-state index in [-0.39, 0.29) is 17.7 Å².